The molecule has 1 aromatic rings. The third-order valence-corrected chi connectivity index (χ3v) is 6.60. The van der Waals surface area contributed by atoms with E-state index in [1.807, 2.05) is 0 Å². The first-order valence-corrected chi connectivity index (χ1v) is 10.9. The maximum absolute atomic E-state index is 14.9. The second kappa shape index (κ2) is 9.93. The molecule has 0 unspecified atom stereocenters. The van der Waals surface area contributed by atoms with Crippen LogP contribution in [0.5, 0.6) is 0 Å². The predicted molar refractivity (Wildman–Crippen MR) is 116 cm³/mol. The molecule has 1 fully saturated rings. The fraction of sp³-hybridized carbons (Fsp3) is 0.524. The lowest BCUT2D eigenvalue weighted by Crippen LogP contribution is -2.45. The van der Waals surface area contributed by atoms with Crippen molar-refractivity contribution in [3.63, 3.8) is 0 Å². The molecule has 0 amide bonds. The van der Waals surface area contributed by atoms with E-state index in [-0.39, 0.29) is 30.9 Å². The largest absolute Gasteiger partial charge is 0.379 e. The van der Waals surface area contributed by atoms with Crippen LogP contribution in [0, 0.1) is 11.7 Å². The minimum absolute atomic E-state index is 0.0446. The van der Waals surface area contributed by atoms with Crippen LogP contribution in [0.25, 0.3) is 0 Å². The summed E-state index contributed by atoms with van der Waals surface area (Å²) in [5, 5.41) is 0.338. The normalized spacial score (nSPS) is 26.8. The number of ketones is 1. The summed E-state index contributed by atoms with van der Waals surface area (Å²) < 4.78 is 53.5. The Labute approximate surface area is 182 Å². The van der Waals surface area contributed by atoms with E-state index < -0.39 is 36.3 Å². The number of halogens is 4. The van der Waals surface area contributed by atoms with Crippen molar-refractivity contribution in [2.45, 2.75) is 43.8 Å². The second-order valence-electron chi connectivity index (χ2n) is 7.66. The van der Waals surface area contributed by atoms with Gasteiger partial charge in [0.2, 0.25) is 0 Å². The lowest BCUT2D eigenvalue weighted by atomic mass is 9.68. The Bertz CT molecular complexity index is 921. The maximum Gasteiger partial charge on any atom is 0.257 e. The molecule has 0 spiro atoms. The molecular formula is C21H24F4N4OS. The molecule has 2 N–H and O–H groups in total. The molecule has 1 heterocycles. The van der Waals surface area contributed by atoms with E-state index in [0.717, 1.165) is 6.21 Å². The highest BCUT2D eigenvalue weighted by Crippen LogP contribution is 2.50. The van der Waals surface area contributed by atoms with Crippen molar-refractivity contribution in [3.8, 4) is 0 Å². The molecule has 10 heteroatoms. The summed E-state index contributed by atoms with van der Waals surface area (Å²) in [5.41, 5.74) is 5.78. The topological polar surface area (TPSA) is 80.2 Å². The van der Waals surface area contributed by atoms with E-state index in [2.05, 4.69) is 15.0 Å². The molecule has 3 atom stereocenters. The van der Waals surface area contributed by atoms with Gasteiger partial charge in [0.1, 0.15) is 17.7 Å². The number of carbonyl (C=O) groups is 1. The Balaban J connectivity index is 1.89. The van der Waals surface area contributed by atoms with Crippen molar-refractivity contribution in [2.75, 3.05) is 19.3 Å². The van der Waals surface area contributed by atoms with Gasteiger partial charge in [-0.15, -0.1) is 0 Å². The van der Waals surface area contributed by atoms with Crippen LogP contribution in [0.4, 0.5) is 17.6 Å². The minimum Gasteiger partial charge on any atom is -0.379 e. The summed E-state index contributed by atoms with van der Waals surface area (Å²) in [6.45, 7) is -0.718. The summed E-state index contributed by atoms with van der Waals surface area (Å²) in [4.78, 5) is 24.5. The molecule has 1 aliphatic heterocycles. The molecule has 5 nitrogen and oxygen atoms in total. The molecule has 0 radical (unpaired) electrons. The SMILES string of the molecule is CN=C(C=NCC(F)F)C(=O)Cc1ccc(F)c([C@]23CC[C@H](F)C[C@H]2CSC(N)=N3)c1. The smallest absolute Gasteiger partial charge is 0.257 e. The third-order valence-electron chi connectivity index (χ3n) is 5.64. The molecule has 0 bridgehead atoms. The van der Waals surface area contributed by atoms with Gasteiger partial charge in [0.05, 0.1) is 18.3 Å². The van der Waals surface area contributed by atoms with Crippen LogP contribution in [0.2, 0.25) is 0 Å². The van der Waals surface area contributed by atoms with Gasteiger partial charge >= 0.3 is 0 Å². The van der Waals surface area contributed by atoms with Crippen LogP contribution in [0.3, 0.4) is 0 Å². The van der Waals surface area contributed by atoms with Crippen LogP contribution < -0.4 is 5.73 Å². The average molecular weight is 457 g/mol. The Kier molecular flexibility index (Phi) is 7.51. The fourth-order valence-corrected chi connectivity index (χ4v) is 5.16. The quantitative estimate of drug-likeness (QED) is 0.501. The summed E-state index contributed by atoms with van der Waals surface area (Å²) in [6.07, 6.45) is -1.79. The van der Waals surface area contributed by atoms with Crippen molar-refractivity contribution in [1.82, 2.24) is 0 Å². The zero-order chi connectivity index (χ0) is 22.6. The van der Waals surface area contributed by atoms with Gasteiger partial charge in [-0.2, -0.15) is 0 Å². The molecule has 31 heavy (non-hydrogen) atoms. The Morgan fingerprint density at radius 1 is 1.45 bits per heavy atom. The molecule has 1 saturated carbocycles. The van der Waals surface area contributed by atoms with E-state index in [1.54, 1.807) is 6.07 Å². The highest BCUT2D eigenvalue weighted by Gasteiger charge is 2.48. The highest BCUT2D eigenvalue weighted by atomic mass is 32.2. The monoisotopic (exact) mass is 456 g/mol. The zero-order valence-electron chi connectivity index (χ0n) is 17.0. The van der Waals surface area contributed by atoms with Crippen LogP contribution >= 0.6 is 11.8 Å². The lowest BCUT2D eigenvalue weighted by molar-refractivity contribution is -0.112. The van der Waals surface area contributed by atoms with E-state index in [9.17, 15) is 22.4 Å². The second-order valence-corrected chi connectivity index (χ2v) is 8.70. The third kappa shape index (κ3) is 5.34. The average Bonchev–Trinajstić information content (AvgIpc) is 2.72. The first-order valence-electron chi connectivity index (χ1n) is 9.94. The Morgan fingerprint density at radius 2 is 2.23 bits per heavy atom. The Hall–Kier alpha value is -2.23. The molecule has 0 saturated heterocycles. The fourth-order valence-electron chi connectivity index (χ4n) is 4.15. The van der Waals surface area contributed by atoms with Crippen molar-refractivity contribution in [2.24, 2.45) is 26.6 Å². The number of thioether (sulfide) groups is 1. The predicted octanol–water partition coefficient (Wildman–Crippen LogP) is 3.74. The first kappa shape index (κ1) is 23.4. The number of hydrogen-bond donors (Lipinski definition) is 1. The number of nitrogens with zero attached hydrogens (tertiary/aromatic N) is 3. The summed E-state index contributed by atoms with van der Waals surface area (Å²) in [5.74, 6) is -0.569. The number of amidine groups is 1. The summed E-state index contributed by atoms with van der Waals surface area (Å²) >= 11 is 1.34. The lowest BCUT2D eigenvalue weighted by Gasteiger charge is -2.45. The number of nitrogens with two attached hydrogens (primary N) is 1. The van der Waals surface area contributed by atoms with Crippen molar-refractivity contribution >= 4 is 34.6 Å². The van der Waals surface area contributed by atoms with Crippen LogP contribution in [0.1, 0.15) is 30.4 Å². The standard InChI is InChI=1S/C21H24F4N4OS/c1-27-17(9-28-10-19(24)25)18(30)7-12-2-3-16(23)15(6-12)21-5-4-14(22)8-13(21)11-31-20(26)29-21/h2-3,6,9,13-14,19H,4-5,7-8,10-11H2,1H3,(H2,26,29)/t13-,14-,21-/m0/s1. The van der Waals surface area contributed by atoms with E-state index in [1.165, 1.54) is 30.9 Å². The molecular weight excluding hydrogens is 432 g/mol. The van der Waals surface area contributed by atoms with E-state index in [0.29, 0.717) is 28.5 Å². The molecule has 2 aliphatic rings. The van der Waals surface area contributed by atoms with Gasteiger partial charge in [-0.1, -0.05) is 17.8 Å². The van der Waals surface area contributed by atoms with E-state index in [4.69, 9.17) is 5.73 Å². The molecule has 0 aromatic heterocycles. The molecule has 3 rings (SSSR count). The molecule has 1 aromatic carbocycles. The first-order chi connectivity index (χ1) is 14.7. The number of Topliss-reactive ketones (excluding diaryl/α,β-unsaturated/α-hetero) is 1. The van der Waals surface area contributed by atoms with Gasteiger partial charge in [-0.05, 0) is 37.0 Å². The van der Waals surface area contributed by atoms with Gasteiger partial charge in [0.15, 0.2) is 11.0 Å². The van der Waals surface area contributed by atoms with Crippen LogP contribution in [-0.2, 0) is 16.8 Å². The highest BCUT2D eigenvalue weighted by molar-refractivity contribution is 8.13. The van der Waals surface area contributed by atoms with E-state index >= 15 is 0 Å². The summed E-state index contributed by atoms with van der Waals surface area (Å²) in [6, 6.07) is 4.33. The van der Waals surface area contributed by atoms with Crippen molar-refractivity contribution in [1.29, 1.82) is 0 Å². The van der Waals surface area contributed by atoms with Crippen molar-refractivity contribution in [3.05, 3.63) is 35.1 Å². The molecule has 1 aliphatic carbocycles. The van der Waals surface area contributed by atoms with Gasteiger partial charge in [0, 0.05) is 30.7 Å². The van der Waals surface area contributed by atoms with Crippen LogP contribution in [0.15, 0.2) is 33.2 Å². The minimum atomic E-state index is -2.61. The number of fused-ring (bicyclic) bond motifs is 1. The Morgan fingerprint density at radius 3 is 2.94 bits per heavy atom. The van der Waals surface area contributed by atoms with Gasteiger partial charge < -0.3 is 5.73 Å². The maximum atomic E-state index is 14.9. The number of hydrogen-bond acceptors (Lipinski definition) is 6. The van der Waals surface area contributed by atoms with Gasteiger partial charge in [-0.25, -0.2) is 17.6 Å². The summed E-state index contributed by atoms with van der Waals surface area (Å²) in [7, 11) is 1.37. The zero-order valence-corrected chi connectivity index (χ0v) is 17.8. The van der Waals surface area contributed by atoms with Crippen molar-refractivity contribution < 1.29 is 22.4 Å². The van der Waals surface area contributed by atoms with Gasteiger partial charge in [-0.3, -0.25) is 19.8 Å². The number of rotatable bonds is 7. The number of alkyl halides is 3. The number of benzene rings is 1. The molecule has 168 valence electrons. The number of carbonyl (C=O) groups excluding carboxylic acids is 1. The number of aliphatic imine (C=N–C) groups is 3. The van der Waals surface area contributed by atoms with Crippen LogP contribution in [-0.4, -0.2) is 54.8 Å². The van der Waals surface area contributed by atoms with Gasteiger partial charge in [0.25, 0.3) is 6.43 Å².